The number of aliphatic carboxylic acids is 1. The zero-order chi connectivity index (χ0) is 22.6. The van der Waals surface area contributed by atoms with Gasteiger partial charge >= 0.3 is 5.97 Å². The third-order valence-electron chi connectivity index (χ3n) is 4.82. The number of hydrogen-bond donors (Lipinski definition) is 4. The number of aryl methyl sites for hydroxylation is 1. The van der Waals surface area contributed by atoms with Crippen LogP contribution in [0.4, 0.5) is 8.78 Å². The number of fused-ring (bicyclic) bond motifs is 1. The molecule has 1 heterocycles. The predicted molar refractivity (Wildman–Crippen MR) is 105 cm³/mol. The molecule has 0 aliphatic carbocycles. The van der Waals surface area contributed by atoms with Crippen LogP contribution < -0.4 is 10.6 Å². The molecule has 4 N–H and O–H groups in total. The third-order valence-corrected chi connectivity index (χ3v) is 4.82. The second-order valence-corrected chi connectivity index (χ2v) is 7.42. The van der Waals surface area contributed by atoms with Gasteiger partial charge < -0.3 is 25.4 Å². The molecule has 3 atom stereocenters. The van der Waals surface area contributed by atoms with E-state index in [9.17, 15) is 28.3 Å². The summed E-state index contributed by atoms with van der Waals surface area (Å²) in [5.74, 6) is -3.50. The number of alkyl halides is 1. The Balaban J connectivity index is 2.22. The number of nitrogens with zero attached hydrogens (tertiary/aromatic N) is 1. The number of hydrogen-bond acceptors (Lipinski definition) is 4. The molecule has 2 amide bonds. The number of aromatic nitrogens is 1. The van der Waals surface area contributed by atoms with Crippen molar-refractivity contribution in [2.24, 2.45) is 13.0 Å². The quantitative estimate of drug-likeness (QED) is 0.484. The second kappa shape index (κ2) is 9.66. The van der Waals surface area contributed by atoms with Crippen molar-refractivity contribution in [3.63, 3.8) is 0 Å². The van der Waals surface area contributed by atoms with Crippen molar-refractivity contribution in [2.45, 2.75) is 38.5 Å². The molecule has 1 aromatic heterocycles. The fourth-order valence-electron chi connectivity index (χ4n) is 3.14. The summed E-state index contributed by atoms with van der Waals surface area (Å²) in [5.41, 5.74) is 0.819. The summed E-state index contributed by atoms with van der Waals surface area (Å²) in [6.45, 7) is 2.10. The highest BCUT2D eigenvalue weighted by Gasteiger charge is 2.31. The Morgan fingerprint density at radius 1 is 1.17 bits per heavy atom. The maximum Gasteiger partial charge on any atom is 0.305 e. The number of rotatable bonds is 9. The summed E-state index contributed by atoms with van der Waals surface area (Å²) in [4.78, 5) is 36.4. The van der Waals surface area contributed by atoms with Crippen molar-refractivity contribution in [2.75, 3.05) is 6.67 Å². The van der Waals surface area contributed by atoms with Gasteiger partial charge in [0.1, 0.15) is 30.3 Å². The van der Waals surface area contributed by atoms with Gasteiger partial charge in [0.2, 0.25) is 5.91 Å². The molecule has 0 bridgehead atoms. The average Bonchev–Trinajstić information content (AvgIpc) is 2.99. The summed E-state index contributed by atoms with van der Waals surface area (Å²) in [7, 11) is 1.63. The summed E-state index contributed by atoms with van der Waals surface area (Å²) >= 11 is 0. The Morgan fingerprint density at radius 3 is 2.40 bits per heavy atom. The number of amides is 2. The molecule has 8 nitrogen and oxygen atoms in total. The van der Waals surface area contributed by atoms with Gasteiger partial charge in [-0.2, -0.15) is 0 Å². The number of aliphatic hydroxyl groups excluding tert-OH is 1. The lowest BCUT2D eigenvalue weighted by Crippen LogP contribution is -2.55. The van der Waals surface area contributed by atoms with E-state index in [2.05, 4.69) is 10.6 Å². The normalized spacial score (nSPS) is 14.4. The molecule has 0 spiro atoms. The van der Waals surface area contributed by atoms with Crippen LogP contribution in [0.1, 0.15) is 30.8 Å². The van der Waals surface area contributed by atoms with E-state index in [1.807, 2.05) is 0 Å². The minimum absolute atomic E-state index is 0.194. The minimum Gasteiger partial charge on any atom is -0.481 e. The molecule has 0 saturated heterocycles. The monoisotopic (exact) mass is 425 g/mol. The summed E-state index contributed by atoms with van der Waals surface area (Å²) in [6.07, 6.45) is -2.37. The highest BCUT2D eigenvalue weighted by atomic mass is 19.1. The first kappa shape index (κ1) is 23.3. The molecule has 2 aromatic rings. The first-order chi connectivity index (χ1) is 14.0. The highest BCUT2D eigenvalue weighted by Crippen LogP contribution is 2.20. The molecule has 1 aromatic carbocycles. The molecule has 2 rings (SSSR count). The van der Waals surface area contributed by atoms with E-state index in [-0.39, 0.29) is 5.69 Å². The van der Waals surface area contributed by atoms with Crippen molar-refractivity contribution >= 4 is 28.7 Å². The van der Waals surface area contributed by atoms with Gasteiger partial charge in [0, 0.05) is 18.0 Å². The van der Waals surface area contributed by atoms with Gasteiger partial charge in [0.25, 0.3) is 5.91 Å². The molecular formula is C20H25F2N3O5. The van der Waals surface area contributed by atoms with Crippen molar-refractivity contribution in [3.8, 4) is 0 Å². The third kappa shape index (κ3) is 5.32. The van der Waals surface area contributed by atoms with Crippen molar-refractivity contribution in [1.82, 2.24) is 15.2 Å². The van der Waals surface area contributed by atoms with E-state index in [1.165, 1.54) is 24.3 Å². The predicted octanol–water partition coefficient (Wildman–Crippen LogP) is 1.36. The van der Waals surface area contributed by atoms with Gasteiger partial charge in [-0.25, -0.2) is 8.78 Å². The number of carbonyl (C=O) groups is 3. The Morgan fingerprint density at radius 2 is 1.83 bits per heavy atom. The smallest absolute Gasteiger partial charge is 0.305 e. The highest BCUT2D eigenvalue weighted by molar-refractivity contribution is 6.00. The van der Waals surface area contributed by atoms with Crippen LogP contribution in [-0.2, 0) is 16.6 Å². The van der Waals surface area contributed by atoms with Crippen LogP contribution in [0.5, 0.6) is 0 Å². The molecular weight excluding hydrogens is 400 g/mol. The van der Waals surface area contributed by atoms with Gasteiger partial charge in [-0.1, -0.05) is 13.8 Å². The molecule has 0 radical (unpaired) electrons. The Bertz CT molecular complexity index is 944. The van der Waals surface area contributed by atoms with Crippen LogP contribution >= 0.6 is 0 Å². The molecule has 0 aliphatic rings. The first-order valence-corrected chi connectivity index (χ1v) is 9.37. The van der Waals surface area contributed by atoms with Crippen LogP contribution in [0, 0.1) is 11.7 Å². The number of carboxylic acid groups (broad SMARTS) is 1. The van der Waals surface area contributed by atoms with Gasteiger partial charge in [0.15, 0.2) is 0 Å². The summed E-state index contributed by atoms with van der Waals surface area (Å²) in [5, 5.41) is 24.0. The van der Waals surface area contributed by atoms with Crippen LogP contribution in [-0.4, -0.2) is 57.4 Å². The summed E-state index contributed by atoms with van der Waals surface area (Å²) < 4.78 is 27.8. The summed E-state index contributed by atoms with van der Waals surface area (Å²) in [6, 6.07) is 3.15. The molecule has 0 aliphatic heterocycles. The number of benzene rings is 1. The van der Waals surface area contributed by atoms with E-state index in [0.29, 0.717) is 10.9 Å². The Labute approximate surface area is 171 Å². The number of nitrogens with one attached hydrogen (secondary N) is 2. The second-order valence-electron chi connectivity index (χ2n) is 7.42. The molecule has 0 saturated carbocycles. The van der Waals surface area contributed by atoms with E-state index >= 15 is 0 Å². The SMILES string of the molecule is CC(C)[C@H](NC(=O)c1cc2cc(F)ccc2n1C)C(=O)NC(CC(=O)O)C(O)CF. The molecule has 0 fully saturated rings. The maximum absolute atomic E-state index is 13.5. The van der Waals surface area contributed by atoms with Crippen molar-refractivity contribution in [3.05, 3.63) is 35.8 Å². The van der Waals surface area contributed by atoms with Gasteiger partial charge in [-0.3, -0.25) is 14.4 Å². The minimum atomic E-state index is -1.69. The van der Waals surface area contributed by atoms with E-state index in [1.54, 1.807) is 25.5 Å². The van der Waals surface area contributed by atoms with Crippen LogP contribution in [0.2, 0.25) is 0 Å². The molecule has 30 heavy (non-hydrogen) atoms. The van der Waals surface area contributed by atoms with Crippen LogP contribution in [0.15, 0.2) is 24.3 Å². The number of halogens is 2. The lowest BCUT2D eigenvalue weighted by molar-refractivity contribution is -0.139. The van der Waals surface area contributed by atoms with Crippen molar-refractivity contribution in [1.29, 1.82) is 0 Å². The maximum atomic E-state index is 13.5. The molecule has 164 valence electrons. The van der Waals surface area contributed by atoms with E-state index in [0.717, 1.165) is 0 Å². The van der Waals surface area contributed by atoms with Crippen LogP contribution in [0.25, 0.3) is 10.9 Å². The standard InChI is InChI=1S/C20H25F2N3O5/c1-10(2)18(20(30)23-13(8-17(27)28)16(26)9-21)24-19(29)15-7-11-6-12(22)4-5-14(11)25(15)3/h4-7,10,13,16,18,26H,8-9H2,1-3H3,(H,23,30)(H,24,29)(H,27,28)/t13?,16?,18-/m0/s1. The largest absolute Gasteiger partial charge is 0.481 e. The Hall–Kier alpha value is -3.01. The zero-order valence-corrected chi connectivity index (χ0v) is 16.9. The van der Waals surface area contributed by atoms with Crippen LogP contribution in [0.3, 0.4) is 0 Å². The molecule has 2 unspecified atom stereocenters. The van der Waals surface area contributed by atoms with Gasteiger partial charge in [-0.05, 0) is 30.2 Å². The number of aliphatic hydroxyl groups is 1. The first-order valence-electron chi connectivity index (χ1n) is 9.37. The van der Waals surface area contributed by atoms with Gasteiger partial charge in [0.05, 0.1) is 12.5 Å². The topological polar surface area (TPSA) is 121 Å². The number of carbonyl (C=O) groups excluding carboxylic acids is 2. The Kier molecular flexibility index (Phi) is 7.49. The molecule has 10 heteroatoms. The van der Waals surface area contributed by atoms with E-state index in [4.69, 9.17) is 5.11 Å². The number of carboxylic acids is 1. The lowest BCUT2D eigenvalue weighted by atomic mass is 10.0. The average molecular weight is 425 g/mol. The lowest BCUT2D eigenvalue weighted by Gasteiger charge is -2.26. The zero-order valence-electron chi connectivity index (χ0n) is 16.9. The fraction of sp³-hybridized carbons (Fsp3) is 0.450. The fourth-order valence-corrected chi connectivity index (χ4v) is 3.14. The van der Waals surface area contributed by atoms with Gasteiger partial charge in [-0.15, -0.1) is 0 Å². The van der Waals surface area contributed by atoms with Crippen molar-refractivity contribution < 1.29 is 33.4 Å². The van der Waals surface area contributed by atoms with E-state index < -0.39 is 60.8 Å².